The summed E-state index contributed by atoms with van der Waals surface area (Å²) in [6, 6.07) is 5.78. The molecule has 1 rings (SSSR count). The molecule has 0 saturated heterocycles. The minimum absolute atomic E-state index is 0.178. The number of benzene rings is 1. The molecule has 1 aromatic carbocycles. The van der Waals surface area contributed by atoms with E-state index in [1.807, 2.05) is 6.92 Å². The maximum atomic E-state index is 10.4. The van der Waals surface area contributed by atoms with Crippen molar-refractivity contribution in [2.45, 2.75) is 25.7 Å². The highest BCUT2D eigenvalue weighted by molar-refractivity contribution is 7.85. The quantitative estimate of drug-likeness (QED) is 0.497. The van der Waals surface area contributed by atoms with E-state index >= 15 is 0 Å². The third-order valence-corrected chi connectivity index (χ3v) is 2.78. The van der Waals surface area contributed by atoms with Gasteiger partial charge in [0.05, 0.1) is 32.6 Å². The zero-order valence-electron chi connectivity index (χ0n) is 14.7. The molecular formula is C16H27NO5S. The van der Waals surface area contributed by atoms with Crippen LogP contribution in [0.1, 0.15) is 19.4 Å². The summed E-state index contributed by atoms with van der Waals surface area (Å²) in [5, 5.41) is 0. The first-order chi connectivity index (χ1) is 10.4. The first-order valence-electron chi connectivity index (χ1n) is 7.03. The van der Waals surface area contributed by atoms with Crippen molar-refractivity contribution < 1.29 is 27.4 Å². The Hall–Kier alpha value is -1.70. The highest BCUT2D eigenvalue weighted by Gasteiger charge is 1.98. The molecule has 6 nitrogen and oxygen atoms in total. The number of hydrogen-bond acceptors (Lipinski definition) is 5. The molecule has 0 heterocycles. The van der Waals surface area contributed by atoms with Crippen LogP contribution in [0.25, 0.3) is 0 Å². The van der Waals surface area contributed by atoms with Crippen LogP contribution in [0.5, 0.6) is 0 Å². The molecule has 0 radical (unpaired) electrons. The van der Waals surface area contributed by atoms with Crippen LogP contribution in [0.3, 0.4) is 0 Å². The second-order valence-electron chi connectivity index (χ2n) is 5.27. The molecule has 0 aromatic heterocycles. The third-order valence-electron chi connectivity index (χ3n) is 1.93. The molecule has 0 fully saturated rings. The Balaban J connectivity index is 0. The first kappa shape index (κ1) is 23.6. The fourth-order valence-corrected chi connectivity index (χ4v) is 1.43. The minimum atomic E-state index is -4.27. The number of hydrogen-bond donors (Lipinski definition) is 1. The van der Waals surface area contributed by atoms with E-state index in [1.54, 1.807) is 26.0 Å². The van der Waals surface area contributed by atoms with Gasteiger partial charge in [0, 0.05) is 5.57 Å². The molecular weight excluding hydrogens is 318 g/mol. The predicted molar refractivity (Wildman–Crippen MR) is 89.3 cm³/mol. The standard InChI is InChI=1S/C7H8O3S.C6H10O2.C3H9N/c1-6-2-4-7(5-3-6)11(8,9)10;1-4-8-6(7)5(2)3;1-4(2)3/h2-5H,1H3,(H,8,9,10);2,4H2,1,3H3;1-3H3. The van der Waals surface area contributed by atoms with Gasteiger partial charge in [0.1, 0.15) is 10.1 Å². The van der Waals surface area contributed by atoms with E-state index in [1.165, 1.54) is 17.0 Å². The molecule has 0 aliphatic heterocycles. The summed E-state index contributed by atoms with van der Waals surface area (Å²) in [5.41, 5.74) is 1.38. The van der Waals surface area contributed by atoms with Crippen molar-refractivity contribution in [3.05, 3.63) is 42.0 Å². The highest BCUT2D eigenvalue weighted by atomic mass is 32.2. The number of ether oxygens (including phenoxy) is 1. The number of nitrogens with one attached hydrogen (secondary N) is 1. The van der Waals surface area contributed by atoms with Gasteiger partial charge in [-0.2, -0.15) is 0 Å². The Kier molecular flexibility index (Phi) is 12.1. The van der Waals surface area contributed by atoms with Gasteiger partial charge in [-0.3, -0.25) is 0 Å². The lowest BCUT2D eigenvalue weighted by Crippen LogP contribution is -3.02. The van der Waals surface area contributed by atoms with Crippen LogP contribution in [0.2, 0.25) is 0 Å². The third kappa shape index (κ3) is 15.0. The summed E-state index contributed by atoms with van der Waals surface area (Å²) in [6.07, 6.45) is 0. The fraction of sp³-hybridized carbons (Fsp3) is 0.438. The lowest BCUT2D eigenvalue weighted by molar-refractivity contribution is -0.836. The molecule has 23 heavy (non-hydrogen) atoms. The average Bonchev–Trinajstić information content (AvgIpc) is 2.38. The Morgan fingerprint density at radius 1 is 1.22 bits per heavy atom. The van der Waals surface area contributed by atoms with Gasteiger partial charge in [-0.25, -0.2) is 13.2 Å². The van der Waals surface area contributed by atoms with Crippen LogP contribution in [-0.4, -0.2) is 46.7 Å². The molecule has 0 amide bonds. The van der Waals surface area contributed by atoms with Crippen LogP contribution in [0.15, 0.2) is 41.3 Å². The van der Waals surface area contributed by atoms with Crippen LogP contribution in [-0.2, 0) is 19.6 Å². The molecule has 7 heteroatoms. The summed E-state index contributed by atoms with van der Waals surface area (Å²) in [6.45, 7) is 9.03. The Bertz CT molecular complexity index is 574. The zero-order valence-corrected chi connectivity index (χ0v) is 15.5. The smallest absolute Gasteiger partial charge is 0.333 e. The fourth-order valence-electron chi connectivity index (χ4n) is 0.959. The first-order valence-corrected chi connectivity index (χ1v) is 8.44. The number of carbonyl (C=O) groups is 1. The normalized spacial score (nSPS) is 9.91. The largest absolute Gasteiger partial charge is 0.744 e. The van der Waals surface area contributed by atoms with Crippen molar-refractivity contribution in [1.82, 2.24) is 0 Å². The van der Waals surface area contributed by atoms with Crippen molar-refractivity contribution in [2.24, 2.45) is 0 Å². The van der Waals surface area contributed by atoms with Gasteiger partial charge in [0.15, 0.2) is 0 Å². The Labute approximate surface area is 139 Å². The maximum absolute atomic E-state index is 10.4. The minimum Gasteiger partial charge on any atom is -0.744 e. The van der Waals surface area contributed by atoms with Crippen molar-refractivity contribution >= 4 is 16.1 Å². The van der Waals surface area contributed by atoms with Crippen LogP contribution < -0.4 is 4.90 Å². The van der Waals surface area contributed by atoms with Crippen LogP contribution in [0, 0.1) is 6.92 Å². The second-order valence-corrected chi connectivity index (χ2v) is 6.65. The lowest BCUT2D eigenvalue weighted by atomic mass is 10.2. The maximum Gasteiger partial charge on any atom is 0.333 e. The summed E-state index contributed by atoms with van der Waals surface area (Å²) in [4.78, 5) is 11.7. The number of rotatable bonds is 3. The monoisotopic (exact) mass is 345 g/mol. The molecule has 1 N–H and O–H groups in total. The Morgan fingerprint density at radius 2 is 1.61 bits per heavy atom. The molecule has 0 spiro atoms. The van der Waals surface area contributed by atoms with Gasteiger partial charge in [0.25, 0.3) is 0 Å². The van der Waals surface area contributed by atoms with E-state index in [0.717, 1.165) is 5.56 Å². The van der Waals surface area contributed by atoms with Gasteiger partial charge in [0.2, 0.25) is 0 Å². The molecule has 0 saturated carbocycles. The average molecular weight is 345 g/mol. The summed E-state index contributed by atoms with van der Waals surface area (Å²) < 4.78 is 35.7. The van der Waals surface area contributed by atoms with Gasteiger partial charge in [-0.1, -0.05) is 24.3 Å². The van der Waals surface area contributed by atoms with E-state index in [0.29, 0.717) is 12.2 Å². The number of esters is 1. The van der Waals surface area contributed by atoms with Crippen LogP contribution in [0.4, 0.5) is 0 Å². The highest BCUT2D eigenvalue weighted by Crippen LogP contribution is 2.08. The van der Waals surface area contributed by atoms with E-state index in [9.17, 15) is 17.8 Å². The van der Waals surface area contributed by atoms with Crippen molar-refractivity contribution in [3.8, 4) is 0 Å². The Morgan fingerprint density at radius 3 is 1.83 bits per heavy atom. The molecule has 0 aliphatic carbocycles. The molecule has 0 aliphatic rings. The number of quaternary nitrogens is 1. The number of aryl methyl sites for hydroxylation is 1. The van der Waals surface area contributed by atoms with Crippen molar-refractivity contribution in [1.29, 1.82) is 0 Å². The van der Waals surface area contributed by atoms with E-state index in [2.05, 4.69) is 32.5 Å². The van der Waals surface area contributed by atoms with Gasteiger partial charge in [-0.15, -0.1) is 0 Å². The van der Waals surface area contributed by atoms with E-state index < -0.39 is 10.1 Å². The predicted octanol–water partition coefficient (Wildman–Crippen LogP) is 0.785. The molecule has 0 bridgehead atoms. The summed E-state index contributed by atoms with van der Waals surface area (Å²) in [5.74, 6) is -0.312. The zero-order chi connectivity index (χ0) is 18.6. The topological polar surface area (TPSA) is 87.9 Å². The van der Waals surface area contributed by atoms with E-state index in [4.69, 9.17) is 0 Å². The van der Waals surface area contributed by atoms with Crippen molar-refractivity contribution in [3.63, 3.8) is 0 Å². The molecule has 0 atom stereocenters. The number of carbonyl (C=O) groups excluding carboxylic acids is 1. The summed E-state index contributed by atoms with van der Waals surface area (Å²) >= 11 is 0. The molecule has 0 unspecified atom stereocenters. The SMILES string of the molecule is C=C(C)C(=O)OCC.C[NH+](C)C.Cc1ccc(S(=O)(=O)[O-])cc1. The van der Waals surface area contributed by atoms with Gasteiger partial charge in [-0.05, 0) is 32.9 Å². The van der Waals surface area contributed by atoms with Crippen LogP contribution >= 0.6 is 0 Å². The summed E-state index contributed by atoms with van der Waals surface area (Å²) in [7, 11) is 1.98. The lowest BCUT2D eigenvalue weighted by Gasteiger charge is -2.05. The molecule has 1 aromatic rings. The van der Waals surface area contributed by atoms with Gasteiger partial charge < -0.3 is 14.2 Å². The second kappa shape index (κ2) is 11.8. The van der Waals surface area contributed by atoms with Gasteiger partial charge >= 0.3 is 5.97 Å². The van der Waals surface area contributed by atoms with Crippen molar-refractivity contribution in [2.75, 3.05) is 27.7 Å². The van der Waals surface area contributed by atoms with E-state index in [-0.39, 0.29) is 10.9 Å². The molecule has 132 valence electrons.